The zero-order chi connectivity index (χ0) is 24.4. The van der Waals surface area contributed by atoms with Gasteiger partial charge < -0.3 is 14.8 Å². The lowest BCUT2D eigenvalue weighted by Crippen LogP contribution is -2.14. The number of nitrogens with zero attached hydrogens (tertiary/aromatic N) is 4. The van der Waals surface area contributed by atoms with Crippen LogP contribution < -0.4 is 10.0 Å². The highest BCUT2D eigenvalue weighted by atomic mass is 32.2. The van der Waals surface area contributed by atoms with Crippen LogP contribution in [0.4, 0.5) is 11.5 Å². The number of sulfonamides is 1. The van der Waals surface area contributed by atoms with Crippen LogP contribution in [-0.4, -0.2) is 45.4 Å². The molecule has 3 N–H and O–H groups in total. The van der Waals surface area contributed by atoms with Crippen molar-refractivity contribution in [2.45, 2.75) is 23.4 Å². The first-order chi connectivity index (χ1) is 16.9. The molecule has 13 heteroatoms. The van der Waals surface area contributed by atoms with Crippen molar-refractivity contribution < 1.29 is 17.7 Å². The first-order valence-corrected chi connectivity index (χ1v) is 12.9. The van der Waals surface area contributed by atoms with Crippen molar-refractivity contribution in [2.24, 2.45) is 0 Å². The van der Waals surface area contributed by atoms with Crippen molar-refractivity contribution in [3.63, 3.8) is 0 Å². The van der Waals surface area contributed by atoms with E-state index >= 15 is 0 Å². The van der Waals surface area contributed by atoms with Gasteiger partial charge in [-0.3, -0.25) is 9.52 Å². The van der Waals surface area contributed by atoms with Crippen LogP contribution in [0.3, 0.4) is 0 Å². The molecule has 0 saturated carbocycles. The van der Waals surface area contributed by atoms with Gasteiger partial charge in [0.1, 0.15) is 11.3 Å². The first kappa shape index (κ1) is 22.8. The van der Waals surface area contributed by atoms with Gasteiger partial charge in [-0.2, -0.15) is 0 Å². The van der Waals surface area contributed by atoms with E-state index in [0.717, 1.165) is 10.9 Å². The molecule has 11 nitrogen and oxygen atoms in total. The summed E-state index contributed by atoms with van der Waals surface area (Å²) < 4.78 is 32.1. The van der Waals surface area contributed by atoms with E-state index in [4.69, 9.17) is 4.52 Å². The zero-order valence-corrected chi connectivity index (χ0v) is 20.0. The van der Waals surface area contributed by atoms with Gasteiger partial charge in [-0.1, -0.05) is 35.1 Å². The molecule has 5 aromatic rings. The van der Waals surface area contributed by atoms with E-state index in [1.807, 2.05) is 24.3 Å². The number of benzene rings is 2. The van der Waals surface area contributed by atoms with Crippen molar-refractivity contribution in [3.05, 3.63) is 60.4 Å². The summed E-state index contributed by atoms with van der Waals surface area (Å²) in [6, 6.07) is 15.1. The molecule has 0 radical (unpaired) electrons. The number of carbonyl (C=O) groups excluding carboxylic acids is 1. The number of amides is 1. The Labute approximate surface area is 203 Å². The zero-order valence-electron chi connectivity index (χ0n) is 18.3. The molecule has 0 bridgehead atoms. The average molecular weight is 510 g/mol. The lowest BCUT2D eigenvalue weighted by molar-refractivity contribution is -0.115. The minimum Gasteiger partial charge on any atom is -0.360 e. The summed E-state index contributed by atoms with van der Waals surface area (Å²) in [7, 11) is -3.83. The van der Waals surface area contributed by atoms with Gasteiger partial charge in [0.05, 0.1) is 4.90 Å². The lowest BCUT2D eigenvalue weighted by Gasteiger charge is -2.08. The Bertz CT molecular complexity index is 1630. The molecule has 0 unspecified atom stereocenters. The Hall–Kier alpha value is -3.97. The van der Waals surface area contributed by atoms with Gasteiger partial charge >= 0.3 is 0 Å². The average Bonchev–Trinajstić information content (AvgIpc) is 3.41. The fourth-order valence-electron chi connectivity index (χ4n) is 3.35. The number of anilines is 2. The van der Waals surface area contributed by atoms with Crippen molar-refractivity contribution in [1.82, 2.24) is 25.3 Å². The Morgan fingerprint density at radius 3 is 2.69 bits per heavy atom. The number of thioether (sulfide) groups is 1. The van der Waals surface area contributed by atoms with E-state index in [-0.39, 0.29) is 23.0 Å². The second-order valence-electron chi connectivity index (χ2n) is 7.56. The van der Waals surface area contributed by atoms with Crippen molar-refractivity contribution >= 4 is 61.3 Å². The highest BCUT2D eigenvalue weighted by Crippen LogP contribution is 2.24. The molecule has 5 rings (SSSR count). The van der Waals surface area contributed by atoms with E-state index in [1.54, 1.807) is 6.92 Å². The summed E-state index contributed by atoms with van der Waals surface area (Å²) in [6.45, 7) is 1.66. The molecule has 3 heterocycles. The standard InChI is InChI=1S/C22H19N7O4S2/c1-13-12-18(28-33-13)29-35(31,32)15-8-6-14(7-9-15)23-19(30)10-11-34-22-25-21-20(26-27-22)16-4-2-3-5-17(16)24-21/h2-9,12H,10-11H2,1H3,(H,23,30)(H,28,29)(H,24,25,27). The Morgan fingerprint density at radius 1 is 1.11 bits per heavy atom. The largest absolute Gasteiger partial charge is 0.360 e. The smallest absolute Gasteiger partial charge is 0.263 e. The third-order valence-electron chi connectivity index (χ3n) is 4.98. The van der Waals surface area contributed by atoms with Gasteiger partial charge in [0, 0.05) is 34.8 Å². The quantitative estimate of drug-likeness (QED) is 0.265. The number of aromatic nitrogens is 5. The van der Waals surface area contributed by atoms with Gasteiger partial charge in [0.15, 0.2) is 11.5 Å². The van der Waals surface area contributed by atoms with Crippen LogP contribution in [0.2, 0.25) is 0 Å². The highest BCUT2D eigenvalue weighted by molar-refractivity contribution is 7.99. The second kappa shape index (κ2) is 9.35. The molecular formula is C22H19N7O4S2. The second-order valence-corrected chi connectivity index (χ2v) is 10.3. The number of hydrogen-bond donors (Lipinski definition) is 3. The monoisotopic (exact) mass is 509 g/mol. The Morgan fingerprint density at radius 2 is 1.91 bits per heavy atom. The van der Waals surface area contributed by atoms with Gasteiger partial charge in [0.25, 0.3) is 10.0 Å². The van der Waals surface area contributed by atoms with E-state index in [2.05, 4.69) is 35.4 Å². The van der Waals surface area contributed by atoms with Crippen molar-refractivity contribution in [3.8, 4) is 0 Å². The van der Waals surface area contributed by atoms with Crippen LogP contribution in [0.15, 0.2) is 69.2 Å². The molecule has 2 aromatic carbocycles. The maximum Gasteiger partial charge on any atom is 0.263 e. The predicted octanol–water partition coefficient (Wildman–Crippen LogP) is 3.72. The SMILES string of the molecule is Cc1cc(NS(=O)(=O)c2ccc(NC(=O)CCSc3nnc4c(n3)[nH]c3ccccc34)cc2)no1. The summed E-state index contributed by atoms with van der Waals surface area (Å²) in [5.74, 6) is 0.816. The third kappa shape index (κ3) is 5.10. The van der Waals surface area contributed by atoms with Gasteiger partial charge in [-0.25, -0.2) is 13.4 Å². The van der Waals surface area contributed by atoms with Crippen LogP contribution in [-0.2, 0) is 14.8 Å². The van der Waals surface area contributed by atoms with Crippen LogP contribution in [0.25, 0.3) is 22.1 Å². The maximum atomic E-state index is 12.5. The number of nitrogens with one attached hydrogen (secondary N) is 3. The summed E-state index contributed by atoms with van der Waals surface area (Å²) in [5, 5.41) is 16.2. The molecule has 0 atom stereocenters. The number of para-hydroxylation sites is 1. The maximum absolute atomic E-state index is 12.5. The van der Waals surface area contributed by atoms with Crippen LogP contribution in [0.5, 0.6) is 0 Å². The van der Waals surface area contributed by atoms with Crippen molar-refractivity contribution in [1.29, 1.82) is 0 Å². The van der Waals surface area contributed by atoms with Gasteiger partial charge in [-0.15, -0.1) is 10.2 Å². The number of rotatable bonds is 8. The topological polar surface area (TPSA) is 156 Å². The number of aromatic amines is 1. The molecule has 0 spiro atoms. The van der Waals surface area contributed by atoms with E-state index in [9.17, 15) is 13.2 Å². The van der Waals surface area contributed by atoms with Crippen LogP contribution >= 0.6 is 11.8 Å². The molecule has 0 aliphatic heterocycles. The van der Waals surface area contributed by atoms with E-state index < -0.39 is 10.0 Å². The molecule has 178 valence electrons. The molecule has 0 fully saturated rings. The number of hydrogen-bond acceptors (Lipinski definition) is 9. The number of aryl methyl sites for hydroxylation is 1. The highest BCUT2D eigenvalue weighted by Gasteiger charge is 2.16. The Kier molecular flexibility index (Phi) is 6.09. The summed E-state index contributed by atoms with van der Waals surface area (Å²) in [5.41, 5.74) is 2.78. The van der Waals surface area contributed by atoms with Crippen LogP contribution in [0, 0.1) is 6.92 Å². The molecule has 0 aliphatic carbocycles. The van der Waals surface area contributed by atoms with Gasteiger partial charge in [0.2, 0.25) is 11.1 Å². The van der Waals surface area contributed by atoms with Crippen molar-refractivity contribution in [2.75, 3.05) is 15.8 Å². The predicted molar refractivity (Wildman–Crippen MR) is 132 cm³/mol. The molecular weight excluding hydrogens is 490 g/mol. The third-order valence-corrected chi connectivity index (χ3v) is 7.19. The van der Waals surface area contributed by atoms with Gasteiger partial charge in [-0.05, 0) is 37.3 Å². The molecule has 1 amide bonds. The fraction of sp³-hybridized carbons (Fsp3) is 0.136. The number of fused-ring (bicyclic) bond motifs is 3. The molecule has 35 heavy (non-hydrogen) atoms. The first-order valence-electron chi connectivity index (χ1n) is 10.5. The Balaban J connectivity index is 1.15. The summed E-state index contributed by atoms with van der Waals surface area (Å²) in [6.07, 6.45) is 0.214. The van der Waals surface area contributed by atoms with E-state index in [0.29, 0.717) is 33.5 Å². The summed E-state index contributed by atoms with van der Waals surface area (Å²) in [4.78, 5) is 20.1. The molecule has 0 aliphatic rings. The van der Waals surface area contributed by atoms with Crippen LogP contribution in [0.1, 0.15) is 12.2 Å². The molecule has 3 aromatic heterocycles. The minimum atomic E-state index is -3.83. The number of H-pyrrole nitrogens is 1. The number of carbonyl (C=O) groups is 1. The minimum absolute atomic E-state index is 0.0312. The summed E-state index contributed by atoms with van der Waals surface area (Å²) >= 11 is 1.33. The lowest BCUT2D eigenvalue weighted by atomic mass is 10.2. The fourth-order valence-corrected chi connectivity index (χ4v) is 5.06. The normalized spacial score (nSPS) is 11.7. The molecule has 0 saturated heterocycles. The van der Waals surface area contributed by atoms with E-state index in [1.165, 1.54) is 42.1 Å².